The number of amides is 1. The second-order valence-electron chi connectivity index (χ2n) is 4.81. The van der Waals surface area contributed by atoms with Crippen molar-refractivity contribution in [3.63, 3.8) is 0 Å². The molecule has 0 bridgehead atoms. The van der Waals surface area contributed by atoms with E-state index in [0.29, 0.717) is 5.69 Å². The first-order chi connectivity index (χ1) is 10.5. The summed E-state index contributed by atoms with van der Waals surface area (Å²) in [7, 11) is 0. The third-order valence-corrected chi connectivity index (χ3v) is 3.16. The first-order valence-corrected chi connectivity index (χ1v) is 6.99. The van der Waals surface area contributed by atoms with Crippen molar-refractivity contribution in [3.05, 3.63) is 58.4 Å². The van der Waals surface area contributed by atoms with Crippen molar-refractivity contribution in [2.75, 3.05) is 11.9 Å². The second kappa shape index (κ2) is 7.04. The highest BCUT2D eigenvalue weighted by Gasteiger charge is 2.11. The third kappa shape index (κ3) is 4.30. The van der Waals surface area contributed by atoms with E-state index in [1.807, 2.05) is 32.0 Å². The Morgan fingerprint density at radius 2 is 2.00 bits per heavy atom. The molecular weight excluding hydrogens is 304 g/mol. The Morgan fingerprint density at radius 1 is 1.23 bits per heavy atom. The summed E-state index contributed by atoms with van der Waals surface area (Å²) >= 11 is 5.69. The summed E-state index contributed by atoms with van der Waals surface area (Å²) in [4.78, 5) is 27.4. The standard InChI is InChI=1S/C16H15ClN2O3/c1-10-3-4-13(11(2)7-10)19-15(20)9-22-16(21)12-5-6-18-14(17)8-12/h3-8H,9H2,1-2H3,(H,19,20). The molecule has 1 aromatic heterocycles. The maximum absolute atomic E-state index is 11.8. The number of anilines is 1. The van der Waals surface area contributed by atoms with E-state index >= 15 is 0 Å². The van der Waals surface area contributed by atoms with Gasteiger partial charge in [0.05, 0.1) is 5.56 Å². The maximum atomic E-state index is 11.8. The van der Waals surface area contributed by atoms with Gasteiger partial charge in [-0.2, -0.15) is 0 Å². The molecule has 1 aromatic carbocycles. The average Bonchev–Trinajstić information content (AvgIpc) is 2.47. The molecule has 0 radical (unpaired) electrons. The van der Waals surface area contributed by atoms with E-state index in [0.717, 1.165) is 11.1 Å². The molecule has 0 saturated heterocycles. The molecule has 0 saturated carbocycles. The van der Waals surface area contributed by atoms with Crippen LogP contribution in [0.15, 0.2) is 36.5 Å². The average molecular weight is 319 g/mol. The molecular formula is C16H15ClN2O3. The minimum atomic E-state index is -0.625. The van der Waals surface area contributed by atoms with Gasteiger partial charge in [-0.3, -0.25) is 4.79 Å². The van der Waals surface area contributed by atoms with Crippen LogP contribution >= 0.6 is 11.6 Å². The number of rotatable bonds is 4. The van der Waals surface area contributed by atoms with Gasteiger partial charge < -0.3 is 10.1 Å². The van der Waals surface area contributed by atoms with Crippen LogP contribution in [0.25, 0.3) is 0 Å². The monoisotopic (exact) mass is 318 g/mol. The highest BCUT2D eigenvalue weighted by Crippen LogP contribution is 2.16. The first-order valence-electron chi connectivity index (χ1n) is 6.61. The molecule has 114 valence electrons. The van der Waals surface area contributed by atoms with Crippen LogP contribution < -0.4 is 5.32 Å². The Labute approximate surface area is 133 Å². The van der Waals surface area contributed by atoms with Crippen molar-refractivity contribution >= 4 is 29.2 Å². The molecule has 6 heteroatoms. The van der Waals surface area contributed by atoms with Gasteiger partial charge in [0.2, 0.25) is 0 Å². The van der Waals surface area contributed by atoms with Crippen LogP contribution in [0, 0.1) is 13.8 Å². The number of nitrogens with zero attached hydrogens (tertiary/aromatic N) is 1. The van der Waals surface area contributed by atoms with E-state index < -0.39 is 11.9 Å². The molecule has 2 aromatic rings. The molecule has 0 aliphatic carbocycles. The summed E-state index contributed by atoms with van der Waals surface area (Å²) in [5.74, 6) is -1.03. The predicted molar refractivity (Wildman–Crippen MR) is 84.1 cm³/mol. The van der Waals surface area contributed by atoms with Crippen molar-refractivity contribution in [1.82, 2.24) is 4.98 Å². The molecule has 0 unspecified atom stereocenters. The van der Waals surface area contributed by atoms with Crippen molar-refractivity contribution in [3.8, 4) is 0 Å². The molecule has 0 aliphatic heterocycles. The van der Waals surface area contributed by atoms with Crippen molar-refractivity contribution in [1.29, 1.82) is 0 Å². The number of benzene rings is 1. The van der Waals surface area contributed by atoms with Crippen LogP contribution in [0.5, 0.6) is 0 Å². The Balaban J connectivity index is 1.91. The lowest BCUT2D eigenvalue weighted by Crippen LogP contribution is -2.21. The number of hydrogen-bond acceptors (Lipinski definition) is 4. The Hall–Kier alpha value is -2.40. The number of carbonyl (C=O) groups is 2. The number of carbonyl (C=O) groups excluding carboxylic acids is 2. The SMILES string of the molecule is Cc1ccc(NC(=O)COC(=O)c2ccnc(Cl)c2)c(C)c1. The summed E-state index contributed by atoms with van der Waals surface area (Å²) in [6, 6.07) is 8.52. The molecule has 1 N–H and O–H groups in total. The van der Waals surface area contributed by atoms with E-state index in [9.17, 15) is 9.59 Å². The van der Waals surface area contributed by atoms with Crippen LogP contribution in [0.2, 0.25) is 5.15 Å². The molecule has 0 atom stereocenters. The van der Waals surface area contributed by atoms with Gasteiger partial charge in [0, 0.05) is 11.9 Å². The number of halogens is 1. The lowest BCUT2D eigenvalue weighted by molar-refractivity contribution is -0.119. The minimum absolute atomic E-state index is 0.189. The normalized spacial score (nSPS) is 10.1. The molecule has 1 heterocycles. The molecule has 0 fully saturated rings. The predicted octanol–water partition coefficient (Wildman–Crippen LogP) is 3.15. The van der Waals surface area contributed by atoms with Crippen LogP contribution in [0.4, 0.5) is 5.69 Å². The number of nitrogens with one attached hydrogen (secondary N) is 1. The minimum Gasteiger partial charge on any atom is -0.452 e. The van der Waals surface area contributed by atoms with E-state index in [1.54, 1.807) is 0 Å². The summed E-state index contributed by atoms with van der Waals surface area (Å²) in [5.41, 5.74) is 3.00. The number of aryl methyl sites for hydroxylation is 2. The zero-order valence-corrected chi connectivity index (χ0v) is 13.0. The fourth-order valence-corrected chi connectivity index (χ4v) is 2.06. The van der Waals surface area contributed by atoms with Crippen LogP contribution in [0.1, 0.15) is 21.5 Å². The summed E-state index contributed by atoms with van der Waals surface area (Å²) in [5, 5.41) is 2.89. The number of hydrogen-bond donors (Lipinski definition) is 1. The quantitative estimate of drug-likeness (QED) is 0.694. The van der Waals surface area contributed by atoms with Gasteiger partial charge in [0.15, 0.2) is 6.61 Å². The van der Waals surface area contributed by atoms with Crippen LogP contribution in [-0.2, 0) is 9.53 Å². The Kier molecular flexibility index (Phi) is 5.12. The highest BCUT2D eigenvalue weighted by atomic mass is 35.5. The second-order valence-corrected chi connectivity index (χ2v) is 5.20. The lowest BCUT2D eigenvalue weighted by Gasteiger charge is -2.09. The van der Waals surface area contributed by atoms with Gasteiger partial charge in [-0.05, 0) is 37.6 Å². The van der Waals surface area contributed by atoms with E-state index in [4.69, 9.17) is 16.3 Å². The molecule has 1 amide bonds. The number of pyridine rings is 1. The van der Waals surface area contributed by atoms with Crippen LogP contribution in [-0.4, -0.2) is 23.5 Å². The molecule has 5 nitrogen and oxygen atoms in total. The Morgan fingerprint density at radius 3 is 2.68 bits per heavy atom. The van der Waals surface area contributed by atoms with Crippen molar-refractivity contribution in [2.45, 2.75) is 13.8 Å². The van der Waals surface area contributed by atoms with Crippen molar-refractivity contribution in [2.24, 2.45) is 0 Å². The van der Waals surface area contributed by atoms with Gasteiger partial charge in [-0.15, -0.1) is 0 Å². The first kappa shape index (κ1) is 16.0. The maximum Gasteiger partial charge on any atom is 0.338 e. The summed E-state index contributed by atoms with van der Waals surface area (Å²) in [6.45, 7) is 3.50. The fourth-order valence-electron chi connectivity index (χ4n) is 1.88. The fraction of sp³-hybridized carbons (Fsp3) is 0.188. The van der Waals surface area contributed by atoms with E-state index in [-0.39, 0.29) is 17.3 Å². The number of aromatic nitrogens is 1. The third-order valence-electron chi connectivity index (χ3n) is 2.95. The van der Waals surface area contributed by atoms with Gasteiger partial charge >= 0.3 is 5.97 Å². The van der Waals surface area contributed by atoms with Gasteiger partial charge in [0.25, 0.3) is 5.91 Å². The zero-order valence-electron chi connectivity index (χ0n) is 12.2. The molecule has 0 spiro atoms. The highest BCUT2D eigenvalue weighted by molar-refractivity contribution is 6.29. The molecule has 22 heavy (non-hydrogen) atoms. The van der Waals surface area contributed by atoms with Gasteiger partial charge in [-0.25, -0.2) is 9.78 Å². The number of esters is 1. The summed E-state index contributed by atoms with van der Waals surface area (Å²) in [6.07, 6.45) is 1.40. The van der Waals surface area contributed by atoms with Gasteiger partial charge in [0.1, 0.15) is 5.15 Å². The van der Waals surface area contributed by atoms with E-state index in [2.05, 4.69) is 10.3 Å². The van der Waals surface area contributed by atoms with Crippen LogP contribution in [0.3, 0.4) is 0 Å². The largest absolute Gasteiger partial charge is 0.452 e. The van der Waals surface area contributed by atoms with Crippen molar-refractivity contribution < 1.29 is 14.3 Å². The molecule has 0 aliphatic rings. The number of ether oxygens (including phenoxy) is 1. The van der Waals surface area contributed by atoms with E-state index in [1.165, 1.54) is 18.3 Å². The molecule has 2 rings (SSSR count). The van der Waals surface area contributed by atoms with Gasteiger partial charge in [-0.1, -0.05) is 29.3 Å². The lowest BCUT2D eigenvalue weighted by atomic mass is 10.1. The topological polar surface area (TPSA) is 68.3 Å². The smallest absolute Gasteiger partial charge is 0.338 e. The zero-order chi connectivity index (χ0) is 16.1. The Bertz CT molecular complexity index is 716. The summed E-state index contributed by atoms with van der Waals surface area (Å²) < 4.78 is 4.94.